The Kier molecular flexibility index (Phi) is 11.2. The zero-order valence-corrected chi connectivity index (χ0v) is 21.4. The number of hydrogen-bond donors (Lipinski definition) is 2. The lowest BCUT2D eigenvalue weighted by atomic mass is 10.1. The first-order chi connectivity index (χ1) is 17.3. The van der Waals surface area contributed by atoms with Gasteiger partial charge in [-0.25, -0.2) is 13.2 Å². The summed E-state index contributed by atoms with van der Waals surface area (Å²) in [5.41, 5.74) is 1.21. The number of carbonyl (C=O) groups excluding carboxylic acids is 1. The Morgan fingerprint density at radius 3 is 2.32 bits per heavy atom. The summed E-state index contributed by atoms with van der Waals surface area (Å²) in [6.07, 6.45) is -5.08. The fourth-order valence-electron chi connectivity index (χ4n) is 3.37. The van der Waals surface area contributed by atoms with Crippen LogP contribution in [0.1, 0.15) is 15.9 Å². The van der Waals surface area contributed by atoms with Crippen molar-refractivity contribution in [3.63, 3.8) is 0 Å². The maximum atomic E-state index is 13.2. The molecule has 0 radical (unpaired) electrons. The first-order valence-electron chi connectivity index (χ1n) is 11.0. The lowest BCUT2D eigenvalue weighted by Gasteiger charge is -2.29. The maximum absolute atomic E-state index is 13.2. The van der Waals surface area contributed by atoms with Crippen molar-refractivity contribution in [2.75, 3.05) is 45.6 Å². The van der Waals surface area contributed by atoms with E-state index in [2.05, 4.69) is 5.32 Å². The molecule has 1 saturated heterocycles. The van der Waals surface area contributed by atoms with Crippen LogP contribution < -0.4 is 10.1 Å². The summed E-state index contributed by atoms with van der Waals surface area (Å²) < 4.78 is 64.2. The lowest BCUT2D eigenvalue weighted by molar-refractivity contribution is -0.192. The van der Waals surface area contributed by atoms with Crippen LogP contribution in [0.15, 0.2) is 48.5 Å². The molecule has 0 spiro atoms. The SMILES string of the molecule is COc1ccccc1CN(CCS(=O)(=O)N1CCNCC1)C(=O)c1cccc(Cl)c1.O=C(O)C(F)(F)F. The van der Waals surface area contributed by atoms with Crippen LogP contribution >= 0.6 is 11.6 Å². The van der Waals surface area contributed by atoms with Gasteiger partial charge in [0.1, 0.15) is 5.75 Å². The van der Waals surface area contributed by atoms with Gasteiger partial charge in [-0.1, -0.05) is 35.9 Å². The second kappa shape index (κ2) is 13.6. The largest absolute Gasteiger partial charge is 0.496 e. The van der Waals surface area contributed by atoms with Gasteiger partial charge in [0.2, 0.25) is 10.0 Å². The standard InChI is InChI=1S/C21H26ClN3O4S.C2HF3O2/c1-29-20-8-3-2-5-18(20)16-24(21(26)17-6-4-7-19(22)15-17)13-14-30(27,28)25-11-9-23-10-12-25;3-2(4,5)1(6)7/h2-8,15,23H,9-14,16H2,1H3;(H,6,7). The van der Waals surface area contributed by atoms with Gasteiger partial charge in [0.15, 0.2) is 0 Å². The van der Waals surface area contributed by atoms with Crippen molar-refractivity contribution in [1.82, 2.24) is 14.5 Å². The number of halogens is 4. The Hall–Kier alpha value is -2.87. The number of para-hydroxylation sites is 1. The average Bonchev–Trinajstić information content (AvgIpc) is 2.86. The number of alkyl halides is 3. The van der Waals surface area contributed by atoms with Gasteiger partial charge >= 0.3 is 12.1 Å². The predicted molar refractivity (Wildman–Crippen MR) is 131 cm³/mol. The number of nitrogens with zero attached hydrogens (tertiary/aromatic N) is 2. The third-order valence-electron chi connectivity index (χ3n) is 5.24. The highest BCUT2D eigenvalue weighted by molar-refractivity contribution is 7.89. The third kappa shape index (κ3) is 9.50. The van der Waals surface area contributed by atoms with Crippen molar-refractivity contribution in [3.05, 3.63) is 64.7 Å². The Labute approximate surface area is 217 Å². The number of ether oxygens (including phenoxy) is 1. The van der Waals surface area contributed by atoms with E-state index >= 15 is 0 Å². The number of hydrogen-bond acceptors (Lipinski definition) is 6. The number of carboxylic acids is 1. The number of piperazine rings is 1. The molecule has 1 aliphatic heterocycles. The van der Waals surface area contributed by atoms with Crippen LogP contribution in [-0.2, 0) is 21.4 Å². The van der Waals surface area contributed by atoms with Gasteiger partial charge in [-0.05, 0) is 24.3 Å². The lowest BCUT2D eigenvalue weighted by Crippen LogP contribution is -2.48. The first kappa shape index (κ1) is 30.4. The zero-order valence-electron chi connectivity index (χ0n) is 19.9. The topological polar surface area (TPSA) is 116 Å². The number of nitrogens with one attached hydrogen (secondary N) is 1. The van der Waals surface area contributed by atoms with E-state index in [1.807, 2.05) is 24.3 Å². The first-order valence-corrected chi connectivity index (χ1v) is 13.0. The van der Waals surface area contributed by atoms with E-state index in [1.165, 1.54) is 9.21 Å². The van der Waals surface area contributed by atoms with Crippen molar-refractivity contribution in [2.24, 2.45) is 0 Å². The van der Waals surface area contributed by atoms with Crippen LogP contribution in [0.5, 0.6) is 5.75 Å². The Bertz CT molecular complexity index is 1170. The summed E-state index contributed by atoms with van der Waals surface area (Å²) in [4.78, 5) is 23.6. The second-order valence-corrected chi connectivity index (χ2v) is 10.3. The Morgan fingerprint density at radius 1 is 1.14 bits per heavy atom. The number of benzene rings is 2. The minimum Gasteiger partial charge on any atom is -0.496 e. The molecular weight excluding hydrogens is 539 g/mol. The maximum Gasteiger partial charge on any atom is 0.490 e. The van der Waals surface area contributed by atoms with Gasteiger partial charge < -0.3 is 20.1 Å². The van der Waals surface area contributed by atoms with E-state index < -0.39 is 22.2 Å². The van der Waals surface area contributed by atoms with E-state index in [9.17, 15) is 26.4 Å². The van der Waals surface area contributed by atoms with Gasteiger partial charge in [0, 0.05) is 55.4 Å². The van der Waals surface area contributed by atoms with E-state index in [1.54, 1.807) is 31.4 Å². The van der Waals surface area contributed by atoms with Crippen LogP contribution in [0.3, 0.4) is 0 Å². The molecule has 0 atom stereocenters. The highest BCUT2D eigenvalue weighted by Gasteiger charge is 2.38. The molecule has 0 aromatic heterocycles. The van der Waals surface area contributed by atoms with E-state index in [-0.39, 0.29) is 24.7 Å². The van der Waals surface area contributed by atoms with Crippen LogP contribution in [0.2, 0.25) is 5.02 Å². The summed E-state index contributed by atoms with van der Waals surface area (Å²) in [7, 11) is -1.90. The normalized spacial score (nSPS) is 14.3. The van der Waals surface area contributed by atoms with Crippen LogP contribution in [0, 0.1) is 0 Å². The van der Waals surface area contributed by atoms with Crippen molar-refractivity contribution in [3.8, 4) is 5.75 Å². The van der Waals surface area contributed by atoms with Crippen LogP contribution in [-0.4, -0.2) is 86.4 Å². The summed E-state index contributed by atoms with van der Waals surface area (Å²) in [5, 5.41) is 10.7. The molecule has 0 saturated carbocycles. The number of aliphatic carboxylic acids is 1. The molecule has 1 amide bonds. The molecule has 0 aliphatic carbocycles. The van der Waals surface area contributed by atoms with Crippen molar-refractivity contribution < 1.29 is 41.0 Å². The van der Waals surface area contributed by atoms with Crippen LogP contribution in [0.4, 0.5) is 13.2 Å². The molecule has 0 unspecified atom stereocenters. The molecule has 1 heterocycles. The van der Waals surface area contributed by atoms with Crippen molar-refractivity contribution in [2.45, 2.75) is 12.7 Å². The molecule has 2 aromatic rings. The molecule has 0 bridgehead atoms. The molecule has 9 nitrogen and oxygen atoms in total. The molecular formula is C23H27ClF3N3O6S. The highest BCUT2D eigenvalue weighted by Crippen LogP contribution is 2.21. The van der Waals surface area contributed by atoms with Crippen molar-refractivity contribution in [1.29, 1.82) is 0 Å². The van der Waals surface area contributed by atoms with Gasteiger partial charge in [0.05, 0.1) is 12.9 Å². The van der Waals surface area contributed by atoms with Crippen molar-refractivity contribution >= 4 is 33.5 Å². The minimum absolute atomic E-state index is 0.0651. The average molecular weight is 566 g/mol. The number of carbonyl (C=O) groups is 2. The molecule has 14 heteroatoms. The quantitative estimate of drug-likeness (QED) is 0.505. The van der Waals surface area contributed by atoms with Gasteiger partial charge in [-0.2, -0.15) is 17.5 Å². The molecule has 204 valence electrons. The number of rotatable bonds is 8. The molecule has 1 aliphatic rings. The van der Waals surface area contributed by atoms with E-state index in [0.717, 1.165) is 5.56 Å². The van der Waals surface area contributed by atoms with Crippen LogP contribution in [0.25, 0.3) is 0 Å². The smallest absolute Gasteiger partial charge is 0.490 e. The van der Waals surface area contributed by atoms with E-state index in [0.29, 0.717) is 42.5 Å². The minimum atomic E-state index is -5.08. The number of carboxylic acid groups (broad SMARTS) is 1. The number of amides is 1. The number of methoxy groups -OCH3 is 1. The second-order valence-electron chi connectivity index (χ2n) is 7.82. The van der Waals surface area contributed by atoms with Gasteiger partial charge in [0.25, 0.3) is 5.91 Å². The summed E-state index contributed by atoms with van der Waals surface area (Å²) in [5.74, 6) is -2.54. The van der Waals surface area contributed by atoms with E-state index in [4.69, 9.17) is 26.2 Å². The Morgan fingerprint density at radius 2 is 1.76 bits per heavy atom. The molecule has 1 fully saturated rings. The number of sulfonamides is 1. The zero-order chi connectivity index (χ0) is 27.6. The van der Waals surface area contributed by atoms with Gasteiger partial charge in [-0.3, -0.25) is 4.79 Å². The summed E-state index contributed by atoms with van der Waals surface area (Å²) in [6, 6.07) is 14.0. The Balaban J connectivity index is 0.000000604. The molecule has 37 heavy (non-hydrogen) atoms. The molecule has 2 N–H and O–H groups in total. The fraction of sp³-hybridized carbons (Fsp3) is 0.391. The summed E-state index contributed by atoms with van der Waals surface area (Å²) >= 11 is 6.05. The summed E-state index contributed by atoms with van der Waals surface area (Å²) in [6.45, 7) is 2.44. The fourth-order valence-corrected chi connectivity index (χ4v) is 5.01. The van der Waals surface area contributed by atoms with Gasteiger partial charge in [-0.15, -0.1) is 0 Å². The third-order valence-corrected chi connectivity index (χ3v) is 7.33. The molecule has 2 aromatic carbocycles. The highest BCUT2D eigenvalue weighted by atomic mass is 35.5. The predicted octanol–water partition coefficient (Wildman–Crippen LogP) is 2.86. The monoisotopic (exact) mass is 565 g/mol. The molecule has 3 rings (SSSR count).